The van der Waals surface area contributed by atoms with E-state index in [0.29, 0.717) is 10.0 Å². The van der Waals surface area contributed by atoms with Crippen molar-refractivity contribution < 1.29 is 0 Å². The van der Waals surface area contributed by atoms with Crippen LogP contribution >= 0.6 is 23.2 Å². The van der Waals surface area contributed by atoms with Crippen molar-refractivity contribution in [3.63, 3.8) is 0 Å². The van der Waals surface area contributed by atoms with E-state index in [2.05, 4.69) is 11.4 Å². The van der Waals surface area contributed by atoms with E-state index in [1.54, 1.807) is 6.07 Å². The molecular weight excluding hydrogens is 255 g/mol. The Balaban J connectivity index is 2.14. The summed E-state index contributed by atoms with van der Waals surface area (Å²) < 4.78 is 0. The molecule has 1 aliphatic carbocycles. The average Bonchev–Trinajstić information content (AvgIpc) is 2.35. The molecule has 0 heterocycles. The molecule has 0 aromatic heterocycles. The van der Waals surface area contributed by atoms with E-state index in [4.69, 9.17) is 28.5 Å². The van der Waals surface area contributed by atoms with Crippen LogP contribution in [0.2, 0.25) is 10.0 Å². The Bertz CT molecular complexity index is 440. The fourth-order valence-corrected chi connectivity index (χ4v) is 2.63. The van der Waals surface area contributed by atoms with Gasteiger partial charge in [-0.3, -0.25) is 0 Å². The highest BCUT2D eigenvalue weighted by molar-refractivity contribution is 6.43. The largest absolute Gasteiger partial charge is 0.380 e. The normalized spacial score (nSPS) is 24.1. The summed E-state index contributed by atoms with van der Waals surface area (Å²) in [6.07, 6.45) is 4.28. The highest BCUT2D eigenvalue weighted by Gasteiger charge is 2.25. The third-order valence-corrected chi connectivity index (χ3v) is 4.04. The number of rotatable bonds is 2. The minimum Gasteiger partial charge on any atom is -0.380 e. The van der Waals surface area contributed by atoms with Gasteiger partial charge in [-0.2, -0.15) is 5.26 Å². The molecule has 1 aromatic rings. The van der Waals surface area contributed by atoms with Crippen LogP contribution in [-0.4, -0.2) is 6.04 Å². The standard InChI is InChI=1S/C13H14Cl2N2/c14-10-5-3-7-12(13(10)15)17-11-6-2-1-4-9(11)8-16/h3,5,7,9,11,17H,1-2,4,6H2. The van der Waals surface area contributed by atoms with E-state index in [1.165, 1.54) is 0 Å². The summed E-state index contributed by atoms with van der Waals surface area (Å²) in [6, 6.07) is 8.08. The molecule has 1 saturated carbocycles. The van der Waals surface area contributed by atoms with Gasteiger partial charge in [0.2, 0.25) is 0 Å². The van der Waals surface area contributed by atoms with Gasteiger partial charge in [-0.25, -0.2) is 0 Å². The predicted octanol–water partition coefficient (Wildman–Crippen LogP) is 4.49. The topological polar surface area (TPSA) is 35.8 Å². The third-order valence-electron chi connectivity index (χ3n) is 3.22. The molecule has 0 spiro atoms. The molecule has 90 valence electrons. The van der Waals surface area contributed by atoms with Crippen LogP contribution in [0.3, 0.4) is 0 Å². The molecule has 1 fully saturated rings. The van der Waals surface area contributed by atoms with E-state index >= 15 is 0 Å². The first kappa shape index (κ1) is 12.5. The molecule has 0 aliphatic heterocycles. The number of hydrogen-bond donors (Lipinski definition) is 1. The highest BCUT2D eigenvalue weighted by atomic mass is 35.5. The predicted molar refractivity (Wildman–Crippen MR) is 71.4 cm³/mol. The van der Waals surface area contributed by atoms with E-state index in [9.17, 15) is 0 Å². The number of nitrogens with zero attached hydrogens (tertiary/aromatic N) is 1. The Labute approximate surface area is 112 Å². The maximum atomic E-state index is 9.11. The molecule has 1 N–H and O–H groups in total. The summed E-state index contributed by atoms with van der Waals surface area (Å²) in [4.78, 5) is 0. The maximum Gasteiger partial charge on any atom is 0.0823 e. The Morgan fingerprint density at radius 1 is 1.24 bits per heavy atom. The molecule has 2 rings (SSSR count). The smallest absolute Gasteiger partial charge is 0.0823 e. The zero-order valence-corrected chi connectivity index (χ0v) is 10.9. The van der Waals surface area contributed by atoms with Gasteiger partial charge >= 0.3 is 0 Å². The molecule has 2 atom stereocenters. The molecular formula is C13H14Cl2N2. The molecule has 0 amide bonds. The molecule has 17 heavy (non-hydrogen) atoms. The van der Waals surface area contributed by atoms with E-state index in [1.807, 2.05) is 12.1 Å². The van der Waals surface area contributed by atoms with E-state index in [-0.39, 0.29) is 12.0 Å². The van der Waals surface area contributed by atoms with Crippen molar-refractivity contribution in [2.45, 2.75) is 31.7 Å². The number of nitriles is 1. The Morgan fingerprint density at radius 3 is 2.76 bits per heavy atom. The Morgan fingerprint density at radius 2 is 2.00 bits per heavy atom. The summed E-state index contributed by atoms with van der Waals surface area (Å²) in [5, 5.41) is 13.5. The Hall–Kier alpha value is -0.910. The molecule has 1 aromatic carbocycles. The number of nitrogens with one attached hydrogen (secondary N) is 1. The van der Waals surface area contributed by atoms with Gasteiger partial charge in [0.15, 0.2) is 0 Å². The van der Waals surface area contributed by atoms with Gasteiger partial charge in [-0.1, -0.05) is 42.1 Å². The van der Waals surface area contributed by atoms with Gasteiger partial charge in [0.1, 0.15) is 0 Å². The number of anilines is 1. The fourth-order valence-electron chi connectivity index (χ4n) is 2.27. The molecule has 0 bridgehead atoms. The summed E-state index contributed by atoms with van der Waals surface area (Å²) in [5.74, 6) is 0.0683. The van der Waals surface area contributed by atoms with Gasteiger partial charge in [0.05, 0.1) is 27.7 Å². The molecule has 4 heteroatoms. The van der Waals surface area contributed by atoms with Crippen molar-refractivity contribution in [1.29, 1.82) is 5.26 Å². The minimum absolute atomic E-state index is 0.0683. The lowest BCUT2D eigenvalue weighted by Crippen LogP contribution is -2.31. The first-order valence-electron chi connectivity index (χ1n) is 5.82. The molecule has 2 unspecified atom stereocenters. The van der Waals surface area contributed by atoms with Crippen molar-refractivity contribution in [3.8, 4) is 6.07 Å². The maximum absolute atomic E-state index is 9.11. The average molecular weight is 269 g/mol. The molecule has 0 saturated heterocycles. The number of hydrogen-bond acceptors (Lipinski definition) is 2. The van der Waals surface area contributed by atoms with Crippen molar-refractivity contribution >= 4 is 28.9 Å². The quantitative estimate of drug-likeness (QED) is 0.858. The van der Waals surface area contributed by atoms with Crippen LogP contribution in [0.15, 0.2) is 18.2 Å². The van der Waals surface area contributed by atoms with Gasteiger partial charge in [0.25, 0.3) is 0 Å². The van der Waals surface area contributed by atoms with Crippen LogP contribution in [0.1, 0.15) is 25.7 Å². The van der Waals surface area contributed by atoms with Crippen LogP contribution in [0.25, 0.3) is 0 Å². The zero-order valence-electron chi connectivity index (χ0n) is 9.42. The Kier molecular flexibility index (Phi) is 4.15. The second-order valence-electron chi connectivity index (χ2n) is 4.37. The van der Waals surface area contributed by atoms with Crippen LogP contribution < -0.4 is 5.32 Å². The fraction of sp³-hybridized carbons (Fsp3) is 0.462. The second-order valence-corrected chi connectivity index (χ2v) is 5.16. The highest BCUT2D eigenvalue weighted by Crippen LogP contribution is 2.33. The SMILES string of the molecule is N#CC1CCCCC1Nc1cccc(Cl)c1Cl. The van der Waals surface area contributed by atoms with Crippen LogP contribution in [0.4, 0.5) is 5.69 Å². The minimum atomic E-state index is 0.0683. The summed E-state index contributed by atoms with van der Waals surface area (Å²) in [7, 11) is 0. The molecule has 1 aliphatic rings. The number of halogens is 2. The lowest BCUT2D eigenvalue weighted by Gasteiger charge is -2.28. The van der Waals surface area contributed by atoms with Crippen molar-refractivity contribution in [2.24, 2.45) is 5.92 Å². The van der Waals surface area contributed by atoms with Gasteiger partial charge in [-0.05, 0) is 25.0 Å². The summed E-state index contributed by atoms with van der Waals surface area (Å²) >= 11 is 12.1. The summed E-state index contributed by atoms with van der Waals surface area (Å²) in [5.41, 5.74) is 0.825. The first-order valence-corrected chi connectivity index (χ1v) is 6.58. The summed E-state index contributed by atoms with van der Waals surface area (Å²) in [6.45, 7) is 0. The van der Waals surface area contributed by atoms with Gasteiger partial charge in [0, 0.05) is 6.04 Å². The lowest BCUT2D eigenvalue weighted by atomic mass is 9.85. The van der Waals surface area contributed by atoms with Crippen molar-refractivity contribution in [1.82, 2.24) is 0 Å². The molecule has 2 nitrogen and oxygen atoms in total. The second kappa shape index (κ2) is 5.62. The monoisotopic (exact) mass is 268 g/mol. The van der Waals surface area contributed by atoms with Crippen LogP contribution in [-0.2, 0) is 0 Å². The number of benzene rings is 1. The van der Waals surface area contributed by atoms with E-state index < -0.39 is 0 Å². The van der Waals surface area contributed by atoms with Gasteiger partial charge in [-0.15, -0.1) is 0 Å². The zero-order chi connectivity index (χ0) is 12.3. The van der Waals surface area contributed by atoms with Crippen LogP contribution in [0.5, 0.6) is 0 Å². The van der Waals surface area contributed by atoms with Crippen molar-refractivity contribution in [2.75, 3.05) is 5.32 Å². The first-order chi connectivity index (χ1) is 8.22. The lowest BCUT2D eigenvalue weighted by molar-refractivity contribution is 0.389. The van der Waals surface area contributed by atoms with Crippen molar-refractivity contribution in [3.05, 3.63) is 28.2 Å². The molecule has 0 radical (unpaired) electrons. The van der Waals surface area contributed by atoms with Crippen LogP contribution in [0, 0.1) is 17.2 Å². The van der Waals surface area contributed by atoms with E-state index in [0.717, 1.165) is 31.4 Å². The van der Waals surface area contributed by atoms with Gasteiger partial charge < -0.3 is 5.32 Å². The third kappa shape index (κ3) is 2.86.